The van der Waals surface area contributed by atoms with Gasteiger partial charge in [-0.2, -0.15) is 25.3 Å². The number of aromatic amines is 1. The lowest BCUT2D eigenvalue weighted by molar-refractivity contribution is -0.136. The average Bonchev–Trinajstić information content (AvgIpc) is 3.77. The molecule has 0 saturated heterocycles. The molecule has 0 unspecified atom stereocenters. The van der Waals surface area contributed by atoms with Crippen LogP contribution in [0, 0.1) is 5.92 Å². The number of aromatic hydroxyl groups is 1. The van der Waals surface area contributed by atoms with Gasteiger partial charge in [0.2, 0.25) is 47.3 Å². The molecule has 0 bridgehead atoms. The normalized spacial score (nSPS) is 15.0. The molecular formula is C50H69N11O10S2. The van der Waals surface area contributed by atoms with E-state index in [1.54, 1.807) is 38.2 Å². The summed E-state index contributed by atoms with van der Waals surface area (Å²) in [7, 11) is 0. The molecule has 396 valence electrons. The first kappa shape index (κ1) is 58.9. The number of fused-ring (bicyclic) bond motifs is 1. The summed E-state index contributed by atoms with van der Waals surface area (Å²) in [5.41, 5.74) is 20.0. The minimum atomic E-state index is -1.46. The minimum Gasteiger partial charge on any atom is -0.508 e. The molecule has 21 nitrogen and oxygen atoms in total. The van der Waals surface area contributed by atoms with Crippen LogP contribution in [0.2, 0.25) is 0 Å². The highest BCUT2D eigenvalue weighted by atomic mass is 32.1. The van der Waals surface area contributed by atoms with Crippen LogP contribution in [0.4, 0.5) is 0 Å². The van der Waals surface area contributed by atoms with Gasteiger partial charge in [-0.25, -0.2) is 0 Å². The lowest BCUT2D eigenvalue weighted by atomic mass is 10.00. The molecule has 0 fully saturated rings. The van der Waals surface area contributed by atoms with Crippen molar-refractivity contribution in [3.8, 4) is 5.75 Å². The number of carbonyl (C=O) groups is 8. The largest absolute Gasteiger partial charge is 0.508 e. The van der Waals surface area contributed by atoms with Gasteiger partial charge in [0.05, 0.1) is 12.1 Å². The lowest BCUT2D eigenvalue weighted by Crippen LogP contribution is -2.62. The van der Waals surface area contributed by atoms with Crippen molar-refractivity contribution >= 4 is 83.4 Å². The number of benzene rings is 3. The first-order valence-electron chi connectivity index (χ1n) is 23.9. The molecular weight excluding hydrogens is 979 g/mol. The molecule has 73 heavy (non-hydrogen) atoms. The summed E-state index contributed by atoms with van der Waals surface area (Å²) in [5, 5.41) is 39.1. The van der Waals surface area contributed by atoms with Crippen molar-refractivity contribution in [2.24, 2.45) is 23.1 Å². The number of phenolic OH excluding ortho intramolecular Hbond substituents is 1. The molecule has 0 aliphatic heterocycles. The summed E-state index contributed by atoms with van der Waals surface area (Å²) < 4.78 is 0. The second-order valence-electron chi connectivity index (χ2n) is 18.0. The zero-order valence-corrected chi connectivity index (χ0v) is 42.8. The zero-order valence-electron chi connectivity index (χ0n) is 41.0. The number of hydrogen-bond acceptors (Lipinski definition) is 14. The van der Waals surface area contributed by atoms with Crippen LogP contribution in [0.3, 0.4) is 0 Å². The van der Waals surface area contributed by atoms with Crippen LogP contribution in [-0.2, 0) is 57.6 Å². The van der Waals surface area contributed by atoms with Gasteiger partial charge in [-0.05, 0) is 80.0 Å². The number of para-hydroxylation sites is 1. The maximum atomic E-state index is 14.7. The molecule has 3 aromatic carbocycles. The number of unbranched alkanes of at least 4 members (excludes halogenated alkanes) is 1. The minimum absolute atomic E-state index is 0.0442. The van der Waals surface area contributed by atoms with Crippen molar-refractivity contribution in [2.45, 2.75) is 114 Å². The number of H-pyrrole nitrogens is 1. The molecule has 0 aliphatic rings. The number of aliphatic hydroxyl groups excluding tert-OH is 1. The molecule has 23 heteroatoms. The number of aromatic nitrogens is 1. The molecule has 4 aromatic rings. The van der Waals surface area contributed by atoms with Crippen LogP contribution >= 0.6 is 25.3 Å². The number of nitrogens with two attached hydrogens (primary N) is 3. The third-order valence-electron chi connectivity index (χ3n) is 11.9. The fraction of sp³-hybridized carbons (Fsp3) is 0.440. The van der Waals surface area contributed by atoms with E-state index in [1.165, 1.54) is 19.1 Å². The third kappa shape index (κ3) is 18.1. The lowest BCUT2D eigenvalue weighted by Gasteiger charge is -2.29. The summed E-state index contributed by atoms with van der Waals surface area (Å²) in [6, 6.07) is 11.9. The first-order valence-corrected chi connectivity index (χ1v) is 25.2. The van der Waals surface area contributed by atoms with Gasteiger partial charge in [-0.15, -0.1) is 0 Å². The van der Waals surface area contributed by atoms with E-state index in [2.05, 4.69) is 67.5 Å². The Morgan fingerprint density at radius 2 is 1.07 bits per heavy atom. The van der Waals surface area contributed by atoms with Gasteiger partial charge in [0.25, 0.3) is 0 Å². The standard InChI is InChI=1S/C50H69N11O10S2/c1-27(2)41(50(71)59-40(26-73)49(70)61-42(28(3)62)43(53)64)60-45(66)36(15-9-10-20-51)55-47(68)38(23-31-24-54-35-14-8-7-13-33(31)35)57-46(67)37(22-30-16-18-32(63)19-17-30)56-48(69)39(25-72)58-44(65)34(52)21-29-11-5-4-6-12-29/h4-8,11-14,16-19,24,27-28,34,36-42,54,62-63,72-73H,9-10,15,20-23,25-26,51-52H2,1-3H3,(H2,53,64)(H,55,68)(H,56,69)(H,57,67)(H,58,65)(H,59,71)(H,60,66)(H,61,70)/t28-,34-,36+,37+,38-,39+,40+,41+,42+/m1/s1. The summed E-state index contributed by atoms with van der Waals surface area (Å²) >= 11 is 8.49. The van der Waals surface area contributed by atoms with Crippen LogP contribution in [0.1, 0.15) is 56.7 Å². The fourth-order valence-electron chi connectivity index (χ4n) is 7.75. The van der Waals surface area contributed by atoms with E-state index >= 15 is 0 Å². The second kappa shape index (κ2) is 29.1. The fourth-order valence-corrected chi connectivity index (χ4v) is 8.26. The Morgan fingerprint density at radius 1 is 0.575 bits per heavy atom. The summed E-state index contributed by atoms with van der Waals surface area (Å²) in [6.45, 7) is 4.81. The predicted molar refractivity (Wildman–Crippen MR) is 282 cm³/mol. The maximum absolute atomic E-state index is 14.7. The molecule has 0 saturated carbocycles. The Balaban J connectivity index is 1.62. The van der Waals surface area contributed by atoms with E-state index < -0.39 is 108 Å². The molecule has 16 N–H and O–H groups in total. The summed E-state index contributed by atoms with van der Waals surface area (Å²) in [6.07, 6.45) is 1.16. The van der Waals surface area contributed by atoms with E-state index in [1.807, 2.05) is 48.5 Å². The Hall–Kier alpha value is -6.66. The van der Waals surface area contributed by atoms with E-state index in [0.29, 0.717) is 24.0 Å². The Bertz CT molecular complexity index is 2500. The van der Waals surface area contributed by atoms with Crippen LogP contribution in [0.5, 0.6) is 5.75 Å². The number of carbonyl (C=O) groups excluding carboxylic acids is 8. The van der Waals surface area contributed by atoms with Crippen molar-refractivity contribution in [3.63, 3.8) is 0 Å². The zero-order chi connectivity index (χ0) is 53.8. The van der Waals surface area contributed by atoms with Crippen LogP contribution in [0.15, 0.2) is 85.1 Å². The Labute approximate surface area is 434 Å². The van der Waals surface area contributed by atoms with Crippen molar-refractivity contribution in [2.75, 3.05) is 18.1 Å². The number of nitrogens with one attached hydrogen (secondary N) is 8. The van der Waals surface area contributed by atoms with Crippen molar-refractivity contribution in [1.82, 2.24) is 42.2 Å². The highest BCUT2D eigenvalue weighted by Crippen LogP contribution is 2.20. The monoisotopic (exact) mass is 1050 g/mol. The SMILES string of the molecule is CC(C)[C@H](NC(=O)[C@H](CCCCN)NC(=O)[C@@H](Cc1c[nH]c2ccccc12)NC(=O)[C@H](Cc1ccc(O)cc1)NC(=O)[C@H](CS)NC(=O)[C@H](N)Cc1ccccc1)C(=O)N[C@@H](CS)C(=O)N[C@H](C(N)=O)[C@@H](C)O. The van der Waals surface area contributed by atoms with E-state index in [0.717, 1.165) is 16.5 Å². The van der Waals surface area contributed by atoms with Gasteiger partial charge < -0.3 is 69.6 Å². The number of rotatable bonds is 29. The van der Waals surface area contributed by atoms with Crippen LogP contribution in [-0.4, -0.2) is 135 Å². The van der Waals surface area contributed by atoms with Gasteiger partial charge in [-0.3, -0.25) is 38.4 Å². The van der Waals surface area contributed by atoms with Crippen molar-refractivity contribution < 1.29 is 48.6 Å². The first-order chi connectivity index (χ1) is 34.8. The molecule has 1 heterocycles. The number of thiol groups is 2. The van der Waals surface area contributed by atoms with E-state index in [9.17, 15) is 48.6 Å². The van der Waals surface area contributed by atoms with Gasteiger partial charge in [-0.1, -0.05) is 74.5 Å². The Morgan fingerprint density at radius 3 is 1.64 bits per heavy atom. The molecule has 0 aliphatic carbocycles. The van der Waals surface area contributed by atoms with Crippen LogP contribution < -0.4 is 54.4 Å². The van der Waals surface area contributed by atoms with Crippen molar-refractivity contribution in [1.29, 1.82) is 0 Å². The summed E-state index contributed by atoms with van der Waals surface area (Å²) in [4.78, 5) is 113. The van der Waals surface area contributed by atoms with Crippen molar-refractivity contribution in [3.05, 3.63) is 102 Å². The topological polar surface area (TPSA) is 355 Å². The highest BCUT2D eigenvalue weighted by molar-refractivity contribution is 7.80. The molecule has 1 aromatic heterocycles. The number of aliphatic hydroxyl groups is 1. The molecule has 9 atom stereocenters. The molecule has 8 amide bonds. The smallest absolute Gasteiger partial charge is 0.244 e. The average molecular weight is 1050 g/mol. The number of hydrogen-bond donors (Lipinski definition) is 15. The highest BCUT2D eigenvalue weighted by Gasteiger charge is 2.35. The predicted octanol–water partition coefficient (Wildman–Crippen LogP) is -0.867. The molecule has 4 rings (SSSR count). The number of amides is 8. The third-order valence-corrected chi connectivity index (χ3v) is 12.7. The molecule has 0 radical (unpaired) electrons. The quantitative estimate of drug-likeness (QED) is 0.0233. The van der Waals surface area contributed by atoms with Gasteiger partial charge in [0.15, 0.2) is 0 Å². The van der Waals surface area contributed by atoms with E-state index in [4.69, 9.17) is 17.2 Å². The van der Waals surface area contributed by atoms with Gasteiger partial charge in [0.1, 0.15) is 48.0 Å². The number of phenols is 1. The van der Waals surface area contributed by atoms with Gasteiger partial charge >= 0.3 is 0 Å². The second-order valence-corrected chi connectivity index (χ2v) is 18.8. The Kier molecular flexibility index (Phi) is 23.5. The van der Waals surface area contributed by atoms with E-state index in [-0.39, 0.29) is 49.5 Å². The number of primary amides is 1. The molecule has 0 spiro atoms. The summed E-state index contributed by atoms with van der Waals surface area (Å²) in [5.74, 6) is -7.48. The maximum Gasteiger partial charge on any atom is 0.244 e. The van der Waals surface area contributed by atoms with Gasteiger partial charge in [0, 0.05) is 41.4 Å². The van der Waals surface area contributed by atoms with Crippen LogP contribution in [0.25, 0.3) is 10.9 Å².